The lowest BCUT2D eigenvalue weighted by atomic mass is 9.94. The highest BCUT2D eigenvalue weighted by molar-refractivity contribution is 4.96. The van der Waals surface area contributed by atoms with Gasteiger partial charge < -0.3 is 10.2 Å². The fourth-order valence-electron chi connectivity index (χ4n) is 4.50. The maximum absolute atomic E-state index is 3.79. The van der Waals surface area contributed by atoms with Gasteiger partial charge in [0.25, 0.3) is 0 Å². The number of fused-ring (bicyclic) bond motifs is 1. The van der Waals surface area contributed by atoms with Gasteiger partial charge in [-0.25, -0.2) is 0 Å². The van der Waals surface area contributed by atoms with Crippen LogP contribution in [0, 0.1) is 17.8 Å². The van der Waals surface area contributed by atoms with E-state index >= 15 is 0 Å². The first-order valence-corrected chi connectivity index (χ1v) is 7.82. The van der Waals surface area contributed by atoms with Crippen molar-refractivity contribution < 1.29 is 0 Å². The largest absolute Gasteiger partial charge is 0.312 e. The number of likely N-dealkylation sites (tertiary alicyclic amines) is 1. The number of rotatable bonds is 4. The smallest absolute Gasteiger partial charge is 0.0226 e. The zero-order valence-corrected chi connectivity index (χ0v) is 11.3. The van der Waals surface area contributed by atoms with Gasteiger partial charge in [0, 0.05) is 19.1 Å². The van der Waals surface area contributed by atoms with E-state index in [9.17, 15) is 0 Å². The molecule has 3 aliphatic rings. The molecule has 0 spiro atoms. The van der Waals surface area contributed by atoms with Crippen molar-refractivity contribution in [2.75, 3.05) is 26.2 Å². The molecule has 0 radical (unpaired) electrons. The fraction of sp³-hybridized carbons (Fsp3) is 1.00. The summed E-state index contributed by atoms with van der Waals surface area (Å²) in [5, 5.41) is 3.79. The maximum atomic E-state index is 3.79. The molecular weight excluding hydrogens is 208 g/mol. The summed E-state index contributed by atoms with van der Waals surface area (Å²) in [6.45, 7) is 7.71. The highest BCUT2D eigenvalue weighted by Crippen LogP contribution is 2.38. The first-order chi connectivity index (χ1) is 8.36. The second-order valence-corrected chi connectivity index (χ2v) is 6.57. The second kappa shape index (κ2) is 5.27. The molecule has 2 saturated heterocycles. The van der Waals surface area contributed by atoms with Crippen LogP contribution in [0.25, 0.3) is 0 Å². The van der Waals surface area contributed by atoms with Gasteiger partial charge >= 0.3 is 0 Å². The van der Waals surface area contributed by atoms with E-state index in [1.165, 1.54) is 64.7 Å². The Balaban J connectivity index is 1.48. The molecule has 0 aromatic carbocycles. The minimum Gasteiger partial charge on any atom is -0.312 e. The lowest BCUT2D eigenvalue weighted by Gasteiger charge is -2.24. The molecule has 2 heterocycles. The summed E-state index contributed by atoms with van der Waals surface area (Å²) in [6.07, 6.45) is 8.74. The average Bonchev–Trinajstić information content (AvgIpc) is 2.98. The van der Waals surface area contributed by atoms with Crippen molar-refractivity contribution in [3.05, 3.63) is 0 Å². The zero-order chi connectivity index (χ0) is 11.7. The molecule has 1 saturated carbocycles. The second-order valence-electron chi connectivity index (χ2n) is 6.57. The normalized spacial score (nSPS) is 42.2. The average molecular weight is 236 g/mol. The van der Waals surface area contributed by atoms with Crippen LogP contribution in [0.4, 0.5) is 0 Å². The SMILES string of the molecule is CCCC1CCN(CC2NCC3CCCC32)C1. The highest BCUT2D eigenvalue weighted by atomic mass is 15.2. The molecule has 2 nitrogen and oxygen atoms in total. The Morgan fingerprint density at radius 3 is 3.06 bits per heavy atom. The Labute approximate surface area is 106 Å². The molecule has 4 unspecified atom stereocenters. The molecule has 98 valence electrons. The molecule has 1 N–H and O–H groups in total. The van der Waals surface area contributed by atoms with Gasteiger partial charge in [-0.2, -0.15) is 0 Å². The van der Waals surface area contributed by atoms with E-state index in [0.717, 1.165) is 23.8 Å². The maximum Gasteiger partial charge on any atom is 0.0226 e. The Morgan fingerprint density at radius 1 is 1.24 bits per heavy atom. The minimum absolute atomic E-state index is 0.822. The van der Waals surface area contributed by atoms with Crippen LogP contribution < -0.4 is 5.32 Å². The molecule has 4 atom stereocenters. The number of nitrogens with one attached hydrogen (secondary N) is 1. The van der Waals surface area contributed by atoms with Gasteiger partial charge in [0.05, 0.1) is 0 Å². The Hall–Kier alpha value is -0.0800. The Bertz CT molecular complexity index is 253. The highest BCUT2D eigenvalue weighted by Gasteiger charge is 2.39. The Morgan fingerprint density at radius 2 is 2.18 bits per heavy atom. The summed E-state index contributed by atoms with van der Waals surface area (Å²) >= 11 is 0. The molecular formula is C15H28N2. The third-order valence-electron chi connectivity index (χ3n) is 5.40. The predicted molar refractivity (Wildman–Crippen MR) is 72.1 cm³/mol. The molecule has 0 amide bonds. The van der Waals surface area contributed by atoms with Gasteiger partial charge in [-0.05, 0) is 56.5 Å². The monoisotopic (exact) mass is 236 g/mol. The lowest BCUT2D eigenvalue weighted by molar-refractivity contribution is 0.257. The van der Waals surface area contributed by atoms with Crippen molar-refractivity contribution in [3.63, 3.8) is 0 Å². The standard InChI is InChI=1S/C15H28N2/c1-2-4-12-7-8-17(10-12)11-15-14-6-3-5-13(14)9-16-15/h12-16H,2-11H2,1H3. The van der Waals surface area contributed by atoms with E-state index in [-0.39, 0.29) is 0 Å². The van der Waals surface area contributed by atoms with Crippen molar-refractivity contribution in [2.45, 2.75) is 51.5 Å². The van der Waals surface area contributed by atoms with Crippen molar-refractivity contribution in [1.29, 1.82) is 0 Å². The Kier molecular flexibility index (Phi) is 3.72. The fourth-order valence-corrected chi connectivity index (χ4v) is 4.50. The van der Waals surface area contributed by atoms with Gasteiger partial charge in [0.1, 0.15) is 0 Å². The molecule has 1 aliphatic carbocycles. The van der Waals surface area contributed by atoms with Crippen LogP contribution in [0.5, 0.6) is 0 Å². The third kappa shape index (κ3) is 2.53. The van der Waals surface area contributed by atoms with Crippen LogP contribution in [0.3, 0.4) is 0 Å². The van der Waals surface area contributed by atoms with Crippen LogP contribution in [0.2, 0.25) is 0 Å². The van der Waals surface area contributed by atoms with E-state index in [1.807, 2.05) is 0 Å². The van der Waals surface area contributed by atoms with Crippen LogP contribution >= 0.6 is 0 Å². The third-order valence-corrected chi connectivity index (χ3v) is 5.40. The van der Waals surface area contributed by atoms with Crippen LogP contribution in [-0.2, 0) is 0 Å². The van der Waals surface area contributed by atoms with Gasteiger partial charge in [0.2, 0.25) is 0 Å². The summed E-state index contributed by atoms with van der Waals surface area (Å²) in [5.41, 5.74) is 0. The van der Waals surface area contributed by atoms with Gasteiger partial charge in [-0.15, -0.1) is 0 Å². The molecule has 17 heavy (non-hydrogen) atoms. The van der Waals surface area contributed by atoms with Gasteiger partial charge in [-0.1, -0.05) is 19.8 Å². The quantitative estimate of drug-likeness (QED) is 0.807. The molecule has 0 bridgehead atoms. The van der Waals surface area contributed by atoms with Gasteiger partial charge in [-0.3, -0.25) is 0 Å². The van der Waals surface area contributed by atoms with Crippen molar-refractivity contribution in [3.8, 4) is 0 Å². The summed E-state index contributed by atoms with van der Waals surface area (Å²) in [5.74, 6) is 3.04. The predicted octanol–water partition coefficient (Wildman–Crippen LogP) is 2.50. The molecule has 3 fully saturated rings. The summed E-state index contributed by atoms with van der Waals surface area (Å²) < 4.78 is 0. The van der Waals surface area contributed by atoms with E-state index in [2.05, 4.69) is 17.1 Å². The van der Waals surface area contributed by atoms with Crippen molar-refractivity contribution >= 4 is 0 Å². The van der Waals surface area contributed by atoms with E-state index in [1.54, 1.807) is 0 Å². The summed E-state index contributed by atoms with van der Waals surface area (Å²) in [4.78, 5) is 2.73. The van der Waals surface area contributed by atoms with E-state index in [4.69, 9.17) is 0 Å². The molecule has 0 aromatic heterocycles. The van der Waals surface area contributed by atoms with Crippen LogP contribution in [0.15, 0.2) is 0 Å². The number of hydrogen-bond acceptors (Lipinski definition) is 2. The lowest BCUT2D eigenvalue weighted by Crippen LogP contribution is -2.39. The topological polar surface area (TPSA) is 15.3 Å². The number of hydrogen-bond donors (Lipinski definition) is 1. The van der Waals surface area contributed by atoms with Gasteiger partial charge in [0.15, 0.2) is 0 Å². The van der Waals surface area contributed by atoms with E-state index in [0.29, 0.717) is 0 Å². The number of nitrogens with zero attached hydrogens (tertiary/aromatic N) is 1. The first-order valence-electron chi connectivity index (χ1n) is 7.82. The zero-order valence-electron chi connectivity index (χ0n) is 11.3. The summed E-state index contributed by atoms with van der Waals surface area (Å²) in [6, 6.07) is 0.822. The molecule has 3 rings (SSSR count). The van der Waals surface area contributed by atoms with Crippen molar-refractivity contribution in [1.82, 2.24) is 10.2 Å². The minimum atomic E-state index is 0.822. The van der Waals surface area contributed by atoms with E-state index < -0.39 is 0 Å². The van der Waals surface area contributed by atoms with Crippen molar-refractivity contribution in [2.24, 2.45) is 17.8 Å². The first kappa shape index (κ1) is 12.0. The molecule has 0 aromatic rings. The summed E-state index contributed by atoms with van der Waals surface area (Å²) in [7, 11) is 0. The molecule has 2 heteroatoms. The molecule has 2 aliphatic heterocycles. The van der Waals surface area contributed by atoms with Crippen LogP contribution in [0.1, 0.15) is 45.4 Å². The van der Waals surface area contributed by atoms with Crippen LogP contribution in [-0.4, -0.2) is 37.1 Å².